The van der Waals surface area contributed by atoms with Crippen molar-refractivity contribution in [2.75, 3.05) is 7.11 Å². The van der Waals surface area contributed by atoms with Crippen molar-refractivity contribution in [2.45, 2.75) is 0 Å². The normalized spacial score (nSPS) is 10.9. The van der Waals surface area contributed by atoms with E-state index >= 15 is 0 Å². The summed E-state index contributed by atoms with van der Waals surface area (Å²) in [6, 6.07) is 13.6. The van der Waals surface area contributed by atoms with Gasteiger partial charge in [0.2, 0.25) is 5.88 Å². The minimum absolute atomic E-state index is 0.00788. The van der Waals surface area contributed by atoms with E-state index in [2.05, 4.69) is 10.1 Å². The number of pyridine rings is 1. The van der Waals surface area contributed by atoms with Gasteiger partial charge in [-0.2, -0.15) is 4.98 Å². The fourth-order valence-electron chi connectivity index (χ4n) is 2.52. The highest BCUT2D eigenvalue weighted by atomic mass is 19.1. The summed E-state index contributed by atoms with van der Waals surface area (Å²) in [6.07, 6.45) is 0. The number of ether oxygens (including phenoxy) is 2. The van der Waals surface area contributed by atoms with Crippen molar-refractivity contribution in [1.29, 1.82) is 0 Å². The molecule has 5 nitrogen and oxygen atoms in total. The minimum atomic E-state index is -0.587. The van der Waals surface area contributed by atoms with Crippen LogP contribution < -0.4 is 9.47 Å². The predicted octanol–water partition coefficient (Wildman–Crippen LogP) is 4.97. The van der Waals surface area contributed by atoms with Crippen LogP contribution in [-0.4, -0.2) is 17.3 Å². The Morgan fingerprint density at radius 2 is 1.81 bits per heavy atom. The standard InChI is InChI=1S/C19H12F2N2O3/c1-24-11-6-8-16(15(21)10-11)25-17-9-7-13-18(23-26-19(13)22-17)12-4-2-3-5-14(12)20/h2-10H,1H3. The summed E-state index contributed by atoms with van der Waals surface area (Å²) in [4.78, 5) is 4.16. The topological polar surface area (TPSA) is 57.4 Å². The molecule has 0 aliphatic carbocycles. The highest BCUT2D eigenvalue weighted by Gasteiger charge is 2.16. The van der Waals surface area contributed by atoms with Crippen LogP contribution in [-0.2, 0) is 0 Å². The number of rotatable bonds is 4. The first kappa shape index (κ1) is 16.0. The van der Waals surface area contributed by atoms with Gasteiger partial charge in [-0.05, 0) is 30.3 Å². The Morgan fingerprint density at radius 1 is 0.962 bits per heavy atom. The maximum Gasteiger partial charge on any atom is 0.261 e. The minimum Gasteiger partial charge on any atom is -0.497 e. The predicted molar refractivity (Wildman–Crippen MR) is 90.2 cm³/mol. The number of hydrogen-bond acceptors (Lipinski definition) is 5. The van der Waals surface area contributed by atoms with Crippen LogP contribution in [0.1, 0.15) is 0 Å². The molecule has 2 aromatic heterocycles. The second-order valence-corrected chi connectivity index (χ2v) is 5.41. The molecule has 0 unspecified atom stereocenters. The highest BCUT2D eigenvalue weighted by molar-refractivity contribution is 5.89. The molecule has 0 atom stereocenters. The second kappa shape index (κ2) is 6.44. The van der Waals surface area contributed by atoms with Crippen molar-refractivity contribution in [3.05, 3.63) is 66.2 Å². The van der Waals surface area contributed by atoms with Crippen LogP contribution in [0, 0.1) is 11.6 Å². The Morgan fingerprint density at radius 3 is 2.58 bits per heavy atom. The zero-order valence-corrected chi connectivity index (χ0v) is 13.6. The Bertz CT molecular complexity index is 1100. The van der Waals surface area contributed by atoms with Gasteiger partial charge < -0.3 is 14.0 Å². The number of methoxy groups -OCH3 is 1. The molecular formula is C19H12F2N2O3. The molecule has 7 heteroatoms. The zero-order chi connectivity index (χ0) is 18.1. The fraction of sp³-hybridized carbons (Fsp3) is 0.0526. The lowest BCUT2D eigenvalue weighted by molar-refractivity contribution is 0.397. The molecule has 26 heavy (non-hydrogen) atoms. The van der Waals surface area contributed by atoms with Crippen LogP contribution in [0.3, 0.4) is 0 Å². The number of aromatic nitrogens is 2. The largest absolute Gasteiger partial charge is 0.497 e. The summed E-state index contributed by atoms with van der Waals surface area (Å²) < 4.78 is 43.6. The molecule has 130 valence electrons. The van der Waals surface area contributed by atoms with Crippen molar-refractivity contribution in [3.8, 4) is 28.6 Å². The molecule has 0 amide bonds. The van der Waals surface area contributed by atoms with Crippen molar-refractivity contribution in [1.82, 2.24) is 10.1 Å². The number of nitrogens with zero attached hydrogens (tertiary/aromatic N) is 2. The molecular weight excluding hydrogens is 342 g/mol. The van der Waals surface area contributed by atoms with E-state index in [4.69, 9.17) is 14.0 Å². The van der Waals surface area contributed by atoms with E-state index in [1.807, 2.05) is 0 Å². The van der Waals surface area contributed by atoms with Crippen LogP contribution in [0.15, 0.2) is 59.1 Å². The van der Waals surface area contributed by atoms with Gasteiger partial charge in [-0.1, -0.05) is 17.3 Å². The van der Waals surface area contributed by atoms with Crippen LogP contribution in [0.2, 0.25) is 0 Å². The van der Waals surface area contributed by atoms with Gasteiger partial charge in [0.05, 0.1) is 12.5 Å². The summed E-state index contributed by atoms with van der Waals surface area (Å²) in [5.41, 5.74) is 0.811. The Labute approximate surface area is 146 Å². The Balaban J connectivity index is 1.68. The van der Waals surface area contributed by atoms with Gasteiger partial charge in [-0.25, -0.2) is 8.78 Å². The first-order valence-corrected chi connectivity index (χ1v) is 7.68. The van der Waals surface area contributed by atoms with Crippen LogP contribution in [0.5, 0.6) is 17.4 Å². The molecule has 2 aromatic carbocycles. The average Bonchev–Trinajstić information content (AvgIpc) is 3.07. The maximum atomic E-state index is 14.0. The number of benzene rings is 2. The molecule has 0 aliphatic heterocycles. The third kappa shape index (κ3) is 2.83. The van der Waals surface area contributed by atoms with Crippen molar-refractivity contribution < 1.29 is 22.8 Å². The molecule has 0 radical (unpaired) electrons. The van der Waals surface area contributed by atoms with E-state index in [9.17, 15) is 8.78 Å². The van der Waals surface area contributed by atoms with E-state index in [1.165, 1.54) is 31.4 Å². The maximum absolute atomic E-state index is 14.0. The van der Waals surface area contributed by atoms with Gasteiger partial charge in [0.25, 0.3) is 5.71 Å². The third-order valence-electron chi connectivity index (χ3n) is 3.80. The summed E-state index contributed by atoms with van der Waals surface area (Å²) in [7, 11) is 1.45. The van der Waals surface area contributed by atoms with Gasteiger partial charge in [0, 0.05) is 17.7 Å². The molecule has 0 aliphatic rings. The molecule has 0 bridgehead atoms. The lowest BCUT2D eigenvalue weighted by Gasteiger charge is -2.07. The number of fused-ring (bicyclic) bond motifs is 1. The van der Waals surface area contributed by atoms with Gasteiger partial charge in [-0.3, -0.25) is 0 Å². The zero-order valence-electron chi connectivity index (χ0n) is 13.6. The fourth-order valence-corrected chi connectivity index (χ4v) is 2.52. The summed E-state index contributed by atoms with van der Waals surface area (Å²) in [5, 5.41) is 4.42. The van der Waals surface area contributed by atoms with E-state index in [0.29, 0.717) is 22.4 Å². The molecule has 2 heterocycles. The van der Waals surface area contributed by atoms with E-state index in [0.717, 1.165) is 0 Å². The summed E-state index contributed by atoms with van der Waals surface area (Å²) in [6.45, 7) is 0. The van der Waals surface area contributed by atoms with Crippen molar-refractivity contribution >= 4 is 11.1 Å². The van der Waals surface area contributed by atoms with Gasteiger partial charge in [0.15, 0.2) is 11.6 Å². The average molecular weight is 354 g/mol. The smallest absolute Gasteiger partial charge is 0.261 e. The Hall–Kier alpha value is -3.48. The van der Waals surface area contributed by atoms with Gasteiger partial charge >= 0.3 is 0 Å². The quantitative estimate of drug-likeness (QED) is 0.518. The highest BCUT2D eigenvalue weighted by Crippen LogP contribution is 2.32. The molecule has 0 spiro atoms. The van der Waals surface area contributed by atoms with Gasteiger partial charge in [0.1, 0.15) is 17.3 Å². The number of hydrogen-bond donors (Lipinski definition) is 0. The molecule has 0 fully saturated rings. The lowest BCUT2D eigenvalue weighted by atomic mass is 10.1. The third-order valence-corrected chi connectivity index (χ3v) is 3.80. The Kier molecular flexibility index (Phi) is 3.96. The van der Waals surface area contributed by atoms with E-state index in [1.54, 1.807) is 30.3 Å². The van der Waals surface area contributed by atoms with Crippen LogP contribution >= 0.6 is 0 Å². The summed E-state index contributed by atoms with van der Waals surface area (Å²) in [5.74, 6) is -0.508. The van der Waals surface area contributed by atoms with Crippen LogP contribution in [0.4, 0.5) is 8.78 Å². The molecule has 4 aromatic rings. The van der Waals surface area contributed by atoms with E-state index in [-0.39, 0.29) is 17.3 Å². The monoisotopic (exact) mass is 354 g/mol. The molecule has 0 N–H and O–H groups in total. The van der Waals surface area contributed by atoms with E-state index < -0.39 is 11.6 Å². The molecule has 4 rings (SSSR count). The van der Waals surface area contributed by atoms with Crippen molar-refractivity contribution in [3.63, 3.8) is 0 Å². The second-order valence-electron chi connectivity index (χ2n) is 5.41. The lowest BCUT2D eigenvalue weighted by Crippen LogP contribution is -1.92. The van der Waals surface area contributed by atoms with Gasteiger partial charge in [-0.15, -0.1) is 0 Å². The van der Waals surface area contributed by atoms with Crippen molar-refractivity contribution in [2.24, 2.45) is 0 Å². The molecule has 0 saturated heterocycles. The summed E-state index contributed by atoms with van der Waals surface area (Å²) >= 11 is 0. The SMILES string of the molecule is COc1ccc(Oc2ccc3c(-c4ccccc4F)noc3n2)c(F)c1. The first-order chi connectivity index (χ1) is 12.7. The number of halogens is 2. The first-order valence-electron chi connectivity index (χ1n) is 7.68. The van der Waals surface area contributed by atoms with Crippen LogP contribution in [0.25, 0.3) is 22.4 Å². The molecule has 0 saturated carbocycles.